The van der Waals surface area contributed by atoms with Crippen molar-refractivity contribution in [2.24, 2.45) is 16.8 Å². The molecule has 0 aliphatic carbocycles. The minimum atomic E-state index is -2.00. The second kappa shape index (κ2) is 11.1. The van der Waals surface area contributed by atoms with Gasteiger partial charge in [-0.3, -0.25) is 14.4 Å². The summed E-state index contributed by atoms with van der Waals surface area (Å²) in [6.45, 7) is 3.12. The average Bonchev–Trinajstić information content (AvgIpc) is 2.65. The summed E-state index contributed by atoms with van der Waals surface area (Å²) < 4.78 is 4.51. The molecule has 0 saturated heterocycles. The summed E-state index contributed by atoms with van der Waals surface area (Å²) in [5.74, 6) is -6.73. The Bertz CT molecular complexity index is 954. The second-order valence-electron chi connectivity index (χ2n) is 5.97. The molecule has 3 amide bonds. The molecule has 30 heavy (non-hydrogen) atoms. The van der Waals surface area contributed by atoms with Gasteiger partial charge in [0, 0.05) is 5.69 Å². The number of hydrogen-bond acceptors (Lipinski definition) is 7. The summed E-state index contributed by atoms with van der Waals surface area (Å²) in [4.78, 5) is 60.9. The Morgan fingerprint density at radius 1 is 1.13 bits per heavy atom. The fourth-order valence-electron chi connectivity index (χ4n) is 2.10. The van der Waals surface area contributed by atoms with Gasteiger partial charge in [-0.15, -0.1) is 0 Å². The van der Waals surface area contributed by atoms with Crippen LogP contribution in [-0.2, 0) is 23.9 Å². The maximum atomic E-state index is 12.8. The Morgan fingerprint density at radius 2 is 1.77 bits per heavy atom. The summed E-state index contributed by atoms with van der Waals surface area (Å²) in [5, 5.41) is 5.97. The van der Waals surface area contributed by atoms with Crippen LogP contribution < -0.4 is 16.5 Å². The number of methoxy groups -OCH3 is 1. The van der Waals surface area contributed by atoms with Gasteiger partial charge in [0.25, 0.3) is 5.91 Å². The lowest BCUT2D eigenvalue weighted by atomic mass is 9.91. The number of halogens is 2. The lowest BCUT2D eigenvalue weighted by Crippen LogP contribution is -2.43. The number of rotatable bonds is 8. The summed E-state index contributed by atoms with van der Waals surface area (Å²) in [6, 6.07) is 2.87. The number of nitrogens with one attached hydrogen (secondary N) is 2. The number of carbonyl (C=O) groups is 5. The first kappa shape index (κ1) is 24.8. The molecule has 1 aromatic carbocycles. The van der Waals surface area contributed by atoms with Gasteiger partial charge in [-0.25, -0.2) is 15.0 Å². The summed E-state index contributed by atoms with van der Waals surface area (Å²) in [5.41, 5.74) is 6.42. The van der Waals surface area contributed by atoms with Crippen LogP contribution in [-0.4, -0.2) is 42.3 Å². The van der Waals surface area contributed by atoms with Gasteiger partial charge in [-0.1, -0.05) is 28.8 Å². The summed E-state index contributed by atoms with van der Waals surface area (Å²) in [6.07, 6.45) is 1.04. The number of urea groups is 1. The van der Waals surface area contributed by atoms with E-state index >= 15 is 0 Å². The molecule has 1 rings (SSSR count). The lowest BCUT2D eigenvalue weighted by Gasteiger charge is -2.14. The molecule has 12 heteroatoms. The molecular formula is C18H18Cl2N4O6. The van der Waals surface area contributed by atoms with Crippen LogP contribution in [0.3, 0.4) is 0 Å². The summed E-state index contributed by atoms with van der Waals surface area (Å²) in [7, 11) is 0.963. The van der Waals surface area contributed by atoms with E-state index in [1.54, 1.807) is 19.3 Å². The first-order valence-corrected chi connectivity index (χ1v) is 8.93. The van der Waals surface area contributed by atoms with Gasteiger partial charge >= 0.3 is 12.0 Å². The van der Waals surface area contributed by atoms with Crippen molar-refractivity contribution >= 4 is 64.1 Å². The van der Waals surface area contributed by atoms with Gasteiger partial charge in [-0.2, -0.15) is 5.10 Å². The standard InChI is InChI=1S/C18H18Cl2N4O6/c1-8(2)6-12(25)13(14(17(28)30-3)23-24-18(21)29)15(26)16(27)22-9-4-5-10(19)11(20)7-9/h4-7,13H,1-3H3,(H,22,27)(H3,21,24,29)/b23-14-/t13-/m0/s1. The van der Waals surface area contributed by atoms with E-state index in [-0.39, 0.29) is 15.7 Å². The monoisotopic (exact) mass is 456 g/mol. The zero-order valence-electron chi connectivity index (χ0n) is 16.1. The zero-order valence-corrected chi connectivity index (χ0v) is 17.6. The largest absolute Gasteiger partial charge is 0.464 e. The smallest absolute Gasteiger partial charge is 0.355 e. The number of Topliss-reactive ketones (excluding diaryl/α,β-unsaturated/α-hetero) is 1. The molecule has 0 radical (unpaired) electrons. The number of hydrazone groups is 1. The number of esters is 1. The van der Waals surface area contributed by atoms with Crippen molar-refractivity contribution in [2.75, 3.05) is 12.4 Å². The molecule has 0 unspecified atom stereocenters. The number of nitrogens with two attached hydrogens (primary N) is 1. The minimum absolute atomic E-state index is 0.113. The van der Waals surface area contributed by atoms with E-state index in [1.165, 1.54) is 18.2 Å². The molecule has 10 nitrogen and oxygen atoms in total. The number of hydrogen-bond donors (Lipinski definition) is 3. The van der Waals surface area contributed by atoms with Crippen molar-refractivity contribution in [2.45, 2.75) is 13.8 Å². The fourth-order valence-corrected chi connectivity index (χ4v) is 2.40. The van der Waals surface area contributed by atoms with Crippen LogP contribution in [0.4, 0.5) is 10.5 Å². The normalized spacial score (nSPS) is 11.7. The average molecular weight is 457 g/mol. The van der Waals surface area contributed by atoms with Crippen LogP contribution in [0, 0.1) is 5.92 Å². The molecular weight excluding hydrogens is 439 g/mol. The predicted octanol–water partition coefficient (Wildman–Crippen LogP) is 1.85. The predicted molar refractivity (Wildman–Crippen MR) is 110 cm³/mol. The first-order chi connectivity index (χ1) is 14.0. The Kier molecular flexibility index (Phi) is 9.16. The number of allylic oxidation sites excluding steroid dienone is 2. The van der Waals surface area contributed by atoms with E-state index < -0.39 is 41.1 Å². The van der Waals surface area contributed by atoms with Crippen molar-refractivity contribution in [1.82, 2.24) is 5.43 Å². The summed E-state index contributed by atoms with van der Waals surface area (Å²) >= 11 is 11.7. The molecule has 0 aromatic heterocycles. The zero-order chi connectivity index (χ0) is 23.0. The molecule has 0 aliphatic heterocycles. The number of carbonyl (C=O) groups excluding carboxylic acids is 5. The second-order valence-corrected chi connectivity index (χ2v) is 6.78. The molecule has 0 saturated carbocycles. The molecule has 160 valence electrons. The highest BCUT2D eigenvalue weighted by atomic mass is 35.5. The van der Waals surface area contributed by atoms with E-state index in [1.807, 2.05) is 0 Å². The topological polar surface area (TPSA) is 157 Å². The molecule has 0 bridgehead atoms. The minimum Gasteiger partial charge on any atom is -0.464 e. The van der Waals surface area contributed by atoms with E-state index in [4.69, 9.17) is 28.9 Å². The first-order valence-electron chi connectivity index (χ1n) is 8.18. The maximum Gasteiger partial charge on any atom is 0.355 e. The number of anilines is 1. The molecule has 1 aromatic rings. The van der Waals surface area contributed by atoms with E-state index in [9.17, 15) is 24.0 Å². The third-order valence-corrected chi connectivity index (χ3v) is 4.07. The number of primary amides is 1. The third kappa shape index (κ3) is 6.98. The van der Waals surface area contributed by atoms with Crippen LogP contribution >= 0.6 is 23.2 Å². The van der Waals surface area contributed by atoms with Gasteiger partial charge < -0.3 is 15.8 Å². The Hall–Kier alpha value is -3.24. The SMILES string of the molecule is COC(=O)/C(=N\NC(N)=O)[C@H](C(=O)C=C(C)C)C(=O)C(=O)Nc1ccc(Cl)c(Cl)c1. The Labute approximate surface area is 181 Å². The number of amides is 3. The Balaban J connectivity index is 3.37. The van der Waals surface area contributed by atoms with E-state index in [0.717, 1.165) is 13.2 Å². The van der Waals surface area contributed by atoms with Crippen molar-refractivity contribution in [3.63, 3.8) is 0 Å². The highest BCUT2D eigenvalue weighted by Gasteiger charge is 2.39. The van der Waals surface area contributed by atoms with Gasteiger partial charge in [0.05, 0.1) is 17.2 Å². The van der Waals surface area contributed by atoms with Gasteiger partial charge in [0.2, 0.25) is 5.78 Å². The quantitative estimate of drug-likeness (QED) is 0.135. The van der Waals surface area contributed by atoms with E-state index in [0.29, 0.717) is 5.57 Å². The molecule has 0 fully saturated rings. The van der Waals surface area contributed by atoms with Gasteiger partial charge in [0.15, 0.2) is 11.5 Å². The van der Waals surface area contributed by atoms with Crippen molar-refractivity contribution < 1.29 is 28.7 Å². The number of nitrogens with zero attached hydrogens (tertiary/aromatic N) is 1. The highest BCUT2D eigenvalue weighted by Crippen LogP contribution is 2.25. The van der Waals surface area contributed by atoms with Crippen molar-refractivity contribution in [3.8, 4) is 0 Å². The van der Waals surface area contributed by atoms with Crippen molar-refractivity contribution in [3.05, 3.63) is 39.9 Å². The van der Waals surface area contributed by atoms with E-state index in [2.05, 4.69) is 15.2 Å². The molecule has 0 heterocycles. The van der Waals surface area contributed by atoms with Crippen molar-refractivity contribution in [1.29, 1.82) is 0 Å². The Morgan fingerprint density at radius 3 is 2.27 bits per heavy atom. The lowest BCUT2D eigenvalue weighted by molar-refractivity contribution is -0.140. The molecule has 1 atom stereocenters. The number of ketones is 2. The number of benzene rings is 1. The fraction of sp³-hybridized carbons (Fsp3) is 0.222. The van der Waals surface area contributed by atoms with Gasteiger partial charge in [0.1, 0.15) is 5.92 Å². The van der Waals surface area contributed by atoms with Crippen LogP contribution in [0.5, 0.6) is 0 Å². The molecule has 4 N–H and O–H groups in total. The highest BCUT2D eigenvalue weighted by molar-refractivity contribution is 6.56. The van der Waals surface area contributed by atoms with Crippen LogP contribution in [0.15, 0.2) is 34.9 Å². The van der Waals surface area contributed by atoms with Crippen LogP contribution in [0.1, 0.15) is 13.8 Å². The van der Waals surface area contributed by atoms with Crippen LogP contribution in [0.2, 0.25) is 10.0 Å². The molecule has 0 spiro atoms. The third-order valence-electron chi connectivity index (χ3n) is 3.33. The van der Waals surface area contributed by atoms with Gasteiger partial charge in [-0.05, 0) is 38.1 Å². The van der Waals surface area contributed by atoms with Crippen LogP contribution in [0.25, 0.3) is 0 Å². The molecule has 0 aliphatic rings. The number of ether oxygens (including phenoxy) is 1. The maximum absolute atomic E-state index is 12.8.